The van der Waals surface area contributed by atoms with Gasteiger partial charge < -0.3 is 10.2 Å². The maximum atomic E-state index is 11.1. The molecule has 0 saturated heterocycles. The van der Waals surface area contributed by atoms with Crippen LogP contribution in [0.25, 0.3) is 0 Å². The summed E-state index contributed by atoms with van der Waals surface area (Å²) in [5.41, 5.74) is 0. The van der Waals surface area contributed by atoms with Crippen molar-refractivity contribution >= 4 is 0 Å². The molecule has 0 bridgehead atoms. The average Bonchev–Trinajstić information content (AvgIpc) is 2.65. The van der Waals surface area contributed by atoms with E-state index in [0.717, 1.165) is 25.7 Å². The lowest BCUT2D eigenvalue weighted by molar-refractivity contribution is -0.0626. The third kappa shape index (κ3) is 4.47. The van der Waals surface area contributed by atoms with Crippen molar-refractivity contribution in [3.63, 3.8) is 0 Å². The second-order valence-electron chi connectivity index (χ2n) is 8.96. The Hall–Kier alpha value is -0.0800. The van der Waals surface area contributed by atoms with E-state index in [9.17, 15) is 10.2 Å². The fraction of sp³-hybridized carbons (Fsp3) is 1.00. The predicted octanol–water partition coefficient (Wildman–Crippen LogP) is 4.63. The number of hydrogen-bond donors (Lipinski definition) is 2. The third-order valence-electron chi connectivity index (χ3n) is 6.15. The minimum atomic E-state index is -0.294. The van der Waals surface area contributed by atoms with Crippen molar-refractivity contribution in [3.8, 4) is 0 Å². The van der Waals surface area contributed by atoms with E-state index in [1.165, 1.54) is 25.7 Å². The minimum absolute atomic E-state index is 0.123. The van der Waals surface area contributed by atoms with E-state index >= 15 is 0 Å². The Bertz CT molecular complexity index is 296. The Morgan fingerprint density at radius 2 is 1.14 bits per heavy atom. The smallest absolute Gasteiger partial charge is 0.0624 e. The van der Waals surface area contributed by atoms with Crippen molar-refractivity contribution in [2.75, 3.05) is 0 Å². The second kappa shape index (κ2) is 8.15. The standard InChI is InChI=1S/C20H38O2/c1-13(2)11-16-9-5-7-15-8-6-10-17(12-14(3)4)20(22)18(15)19(16)21/h13-22H,5-12H2,1-4H3/t15?,16-,17-,18?,19?,20?/m1/s1. The van der Waals surface area contributed by atoms with E-state index in [-0.39, 0.29) is 18.1 Å². The van der Waals surface area contributed by atoms with Crippen LogP contribution in [0.2, 0.25) is 0 Å². The molecule has 0 aliphatic heterocycles. The third-order valence-corrected chi connectivity index (χ3v) is 6.15. The van der Waals surface area contributed by atoms with Crippen LogP contribution in [-0.2, 0) is 0 Å². The van der Waals surface area contributed by atoms with Gasteiger partial charge in [0, 0.05) is 5.92 Å². The summed E-state index contributed by atoms with van der Waals surface area (Å²) in [4.78, 5) is 0. The molecule has 0 aromatic rings. The van der Waals surface area contributed by atoms with Gasteiger partial charge in [0.1, 0.15) is 0 Å². The monoisotopic (exact) mass is 310 g/mol. The van der Waals surface area contributed by atoms with Gasteiger partial charge in [-0.25, -0.2) is 0 Å². The first-order valence-electron chi connectivity index (χ1n) is 9.76. The van der Waals surface area contributed by atoms with Crippen LogP contribution in [0.1, 0.15) is 79.1 Å². The highest BCUT2D eigenvalue weighted by atomic mass is 16.3. The van der Waals surface area contributed by atoms with Crippen LogP contribution in [0.5, 0.6) is 0 Å². The summed E-state index contributed by atoms with van der Waals surface area (Å²) in [6, 6.07) is 0. The summed E-state index contributed by atoms with van der Waals surface area (Å²) in [7, 11) is 0. The molecule has 2 fully saturated rings. The van der Waals surface area contributed by atoms with E-state index in [0.29, 0.717) is 29.6 Å². The summed E-state index contributed by atoms with van der Waals surface area (Å²) >= 11 is 0. The molecular weight excluding hydrogens is 272 g/mol. The number of fused-ring (bicyclic) bond motifs is 1. The maximum Gasteiger partial charge on any atom is 0.0624 e. The van der Waals surface area contributed by atoms with Crippen LogP contribution in [0.3, 0.4) is 0 Å². The maximum absolute atomic E-state index is 11.1. The quantitative estimate of drug-likeness (QED) is 0.794. The van der Waals surface area contributed by atoms with Gasteiger partial charge >= 0.3 is 0 Å². The molecule has 2 aliphatic rings. The van der Waals surface area contributed by atoms with Crippen molar-refractivity contribution in [2.45, 2.75) is 91.3 Å². The van der Waals surface area contributed by atoms with Gasteiger partial charge in [0.25, 0.3) is 0 Å². The van der Waals surface area contributed by atoms with E-state index in [4.69, 9.17) is 0 Å². The lowest BCUT2D eigenvalue weighted by Crippen LogP contribution is -2.43. The van der Waals surface area contributed by atoms with Crippen molar-refractivity contribution in [3.05, 3.63) is 0 Å². The molecule has 0 spiro atoms. The van der Waals surface area contributed by atoms with Crippen molar-refractivity contribution in [1.82, 2.24) is 0 Å². The minimum Gasteiger partial charge on any atom is -0.392 e. The normalized spacial score (nSPS) is 40.4. The molecule has 2 heteroatoms. The van der Waals surface area contributed by atoms with Gasteiger partial charge in [-0.2, -0.15) is 0 Å². The largest absolute Gasteiger partial charge is 0.392 e. The fourth-order valence-electron chi connectivity index (χ4n) is 5.27. The Balaban J connectivity index is 2.16. The topological polar surface area (TPSA) is 40.5 Å². The average molecular weight is 311 g/mol. The molecule has 2 aliphatic carbocycles. The van der Waals surface area contributed by atoms with Gasteiger partial charge in [-0.05, 0) is 68.1 Å². The Morgan fingerprint density at radius 1 is 0.727 bits per heavy atom. The Labute approximate surface area is 137 Å². The van der Waals surface area contributed by atoms with Gasteiger partial charge in [-0.15, -0.1) is 0 Å². The molecule has 0 radical (unpaired) electrons. The van der Waals surface area contributed by atoms with E-state index < -0.39 is 0 Å². The molecule has 0 aromatic heterocycles. The van der Waals surface area contributed by atoms with Crippen molar-refractivity contribution in [2.24, 2.45) is 35.5 Å². The number of aliphatic hydroxyl groups is 2. The fourth-order valence-corrected chi connectivity index (χ4v) is 5.27. The lowest BCUT2D eigenvalue weighted by Gasteiger charge is -2.37. The van der Waals surface area contributed by atoms with Crippen LogP contribution >= 0.6 is 0 Å². The van der Waals surface area contributed by atoms with Crippen LogP contribution in [0.15, 0.2) is 0 Å². The molecule has 130 valence electrons. The van der Waals surface area contributed by atoms with Gasteiger partial charge in [0.05, 0.1) is 12.2 Å². The first-order valence-corrected chi connectivity index (χ1v) is 9.76. The van der Waals surface area contributed by atoms with Crippen LogP contribution in [0.4, 0.5) is 0 Å². The molecule has 0 aromatic carbocycles. The first kappa shape index (κ1) is 18.3. The lowest BCUT2D eigenvalue weighted by atomic mass is 9.74. The SMILES string of the molecule is CC(C)C[C@H]1CCCC2CCC[C@H](CC(C)C)C(O)C2C1O. The highest BCUT2D eigenvalue weighted by molar-refractivity contribution is 4.94. The van der Waals surface area contributed by atoms with Gasteiger partial charge in [-0.3, -0.25) is 0 Å². The van der Waals surface area contributed by atoms with Crippen LogP contribution in [0, 0.1) is 35.5 Å². The zero-order valence-corrected chi connectivity index (χ0v) is 15.2. The number of hydrogen-bond acceptors (Lipinski definition) is 2. The molecule has 0 heterocycles. The molecule has 0 amide bonds. The molecule has 22 heavy (non-hydrogen) atoms. The Morgan fingerprint density at radius 3 is 1.50 bits per heavy atom. The molecule has 2 rings (SSSR count). The summed E-state index contributed by atoms with van der Waals surface area (Å²) < 4.78 is 0. The number of aliphatic hydroxyl groups excluding tert-OH is 2. The van der Waals surface area contributed by atoms with Gasteiger partial charge in [0.15, 0.2) is 0 Å². The summed E-state index contributed by atoms with van der Waals surface area (Å²) in [6.45, 7) is 9.00. The van der Waals surface area contributed by atoms with E-state index in [2.05, 4.69) is 27.7 Å². The van der Waals surface area contributed by atoms with E-state index in [1.54, 1.807) is 0 Å². The molecule has 2 N–H and O–H groups in total. The highest BCUT2D eigenvalue weighted by Gasteiger charge is 2.44. The van der Waals surface area contributed by atoms with Crippen molar-refractivity contribution < 1.29 is 10.2 Å². The highest BCUT2D eigenvalue weighted by Crippen LogP contribution is 2.44. The molecule has 2 nitrogen and oxygen atoms in total. The molecule has 4 atom stereocenters. The van der Waals surface area contributed by atoms with Gasteiger partial charge in [-0.1, -0.05) is 40.5 Å². The van der Waals surface area contributed by atoms with Crippen LogP contribution in [-0.4, -0.2) is 22.4 Å². The second-order valence-corrected chi connectivity index (χ2v) is 8.96. The molecule has 2 saturated carbocycles. The number of rotatable bonds is 4. The van der Waals surface area contributed by atoms with Crippen molar-refractivity contribution in [1.29, 1.82) is 0 Å². The Kier molecular flexibility index (Phi) is 6.76. The molecule has 2 unspecified atom stereocenters. The zero-order valence-electron chi connectivity index (χ0n) is 15.2. The summed E-state index contributed by atoms with van der Waals surface area (Å²) in [5, 5.41) is 22.2. The van der Waals surface area contributed by atoms with Crippen LogP contribution < -0.4 is 0 Å². The van der Waals surface area contributed by atoms with Gasteiger partial charge in [0.2, 0.25) is 0 Å². The van der Waals surface area contributed by atoms with E-state index in [1.807, 2.05) is 0 Å². The first-order chi connectivity index (χ1) is 10.4. The zero-order chi connectivity index (χ0) is 16.3. The summed E-state index contributed by atoms with van der Waals surface area (Å²) in [6.07, 6.45) is 8.80. The summed E-state index contributed by atoms with van der Waals surface area (Å²) in [5.74, 6) is 2.71. The predicted molar refractivity (Wildman–Crippen MR) is 92.6 cm³/mol. The molecular formula is C20H38O2.